The first-order valence-electron chi connectivity index (χ1n) is 4.93. The summed E-state index contributed by atoms with van der Waals surface area (Å²) in [5.74, 6) is -0.772. The molecule has 1 aromatic rings. The van der Waals surface area contributed by atoms with E-state index in [0.717, 1.165) is 0 Å². The molecule has 7 heteroatoms. The van der Waals surface area contributed by atoms with Crippen LogP contribution in [0.5, 0.6) is 0 Å². The van der Waals surface area contributed by atoms with Gasteiger partial charge in [0.1, 0.15) is 5.82 Å². The molecule has 0 heterocycles. The van der Waals surface area contributed by atoms with E-state index in [1.54, 1.807) is 0 Å². The Balaban J connectivity index is 2.69. The predicted octanol–water partition coefficient (Wildman–Crippen LogP) is -0.402. The molecule has 0 radical (unpaired) electrons. The van der Waals surface area contributed by atoms with Gasteiger partial charge in [-0.3, -0.25) is 0 Å². The third-order valence-electron chi connectivity index (χ3n) is 2.06. The van der Waals surface area contributed by atoms with Crippen molar-refractivity contribution in [2.45, 2.75) is 11.8 Å². The van der Waals surface area contributed by atoms with Crippen LogP contribution in [-0.4, -0.2) is 37.9 Å². The van der Waals surface area contributed by atoms with Gasteiger partial charge in [-0.15, -0.1) is 0 Å². The van der Waals surface area contributed by atoms with Crippen molar-refractivity contribution < 1.29 is 23.0 Å². The first-order valence-corrected chi connectivity index (χ1v) is 6.58. The van der Waals surface area contributed by atoms with Gasteiger partial charge in [-0.25, -0.2) is 17.5 Å². The molecule has 0 aliphatic carbocycles. The second kappa shape index (κ2) is 6.06. The number of hydrogen-bond donors (Lipinski definition) is 3. The van der Waals surface area contributed by atoms with Crippen LogP contribution >= 0.6 is 0 Å². The highest BCUT2D eigenvalue weighted by Crippen LogP contribution is 2.07. The summed E-state index contributed by atoms with van der Waals surface area (Å²) >= 11 is 0. The van der Waals surface area contributed by atoms with Crippen LogP contribution in [0.25, 0.3) is 0 Å². The topological polar surface area (TPSA) is 86.6 Å². The molecule has 0 saturated carbocycles. The first kappa shape index (κ1) is 14.0. The Morgan fingerprint density at radius 2 is 1.71 bits per heavy atom. The van der Waals surface area contributed by atoms with Crippen LogP contribution in [-0.2, 0) is 15.8 Å². The second-order valence-corrected chi connectivity index (χ2v) is 5.32. The number of rotatable bonds is 6. The Labute approximate surface area is 99.0 Å². The van der Waals surface area contributed by atoms with E-state index < -0.39 is 35.1 Å². The van der Waals surface area contributed by atoms with Crippen molar-refractivity contribution in [2.24, 2.45) is 0 Å². The lowest BCUT2D eigenvalue weighted by Crippen LogP contribution is -2.40. The van der Waals surface area contributed by atoms with Gasteiger partial charge in [-0.1, -0.05) is 12.1 Å². The van der Waals surface area contributed by atoms with Crippen LogP contribution in [0.2, 0.25) is 0 Å². The van der Waals surface area contributed by atoms with Crippen LogP contribution < -0.4 is 4.72 Å². The smallest absolute Gasteiger partial charge is 0.216 e. The fourth-order valence-corrected chi connectivity index (χ4v) is 2.60. The lowest BCUT2D eigenvalue weighted by Gasteiger charge is -2.13. The molecule has 3 N–H and O–H groups in total. The van der Waals surface area contributed by atoms with Crippen LogP contribution in [0.15, 0.2) is 24.3 Å². The second-order valence-electron chi connectivity index (χ2n) is 3.57. The molecule has 1 rings (SSSR count). The van der Waals surface area contributed by atoms with Gasteiger partial charge in [0, 0.05) is 0 Å². The van der Waals surface area contributed by atoms with Gasteiger partial charge in [0.05, 0.1) is 25.0 Å². The molecule has 0 aliphatic heterocycles. The van der Waals surface area contributed by atoms with Crippen LogP contribution in [0.1, 0.15) is 5.56 Å². The quantitative estimate of drug-likeness (QED) is 0.651. The van der Waals surface area contributed by atoms with Crippen molar-refractivity contribution in [1.82, 2.24) is 4.72 Å². The Morgan fingerprint density at radius 3 is 2.18 bits per heavy atom. The summed E-state index contributed by atoms with van der Waals surface area (Å²) < 4.78 is 37.9. The Bertz CT molecular complexity index is 442. The van der Waals surface area contributed by atoms with Crippen LogP contribution in [0.4, 0.5) is 4.39 Å². The lowest BCUT2D eigenvalue weighted by molar-refractivity contribution is 0.185. The zero-order chi connectivity index (χ0) is 12.9. The summed E-state index contributed by atoms with van der Waals surface area (Å²) in [5.41, 5.74) is 0.425. The van der Waals surface area contributed by atoms with Crippen molar-refractivity contribution in [3.8, 4) is 0 Å². The van der Waals surface area contributed by atoms with Crippen LogP contribution in [0, 0.1) is 5.82 Å². The fraction of sp³-hybridized carbons (Fsp3) is 0.400. The maximum atomic E-state index is 12.6. The SMILES string of the molecule is O=S(=O)(Cc1ccc(F)cc1)NC(CO)CO. The molecule has 0 bridgehead atoms. The molecule has 0 atom stereocenters. The van der Waals surface area contributed by atoms with Crippen molar-refractivity contribution in [1.29, 1.82) is 0 Å². The van der Waals surface area contributed by atoms with Gasteiger partial charge in [0.15, 0.2) is 0 Å². The average Bonchev–Trinajstić information content (AvgIpc) is 2.29. The van der Waals surface area contributed by atoms with Gasteiger partial charge in [-0.05, 0) is 17.7 Å². The van der Waals surface area contributed by atoms with E-state index in [0.29, 0.717) is 5.56 Å². The molecule has 0 aliphatic rings. The monoisotopic (exact) mass is 263 g/mol. The number of aliphatic hydroxyl groups is 2. The standard InChI is InChI=1S/C10H14FNO4S/c11-9-3-1-8(2-4-9)7-17(15,16)12-10(5-13)6-14/h1-4,10,12-14H,5-7H2. The van der Waals surface area contributed by atoms with Gasteiger partial charge >= 0.3 is 0 Å². The average molecular weight is 263 g/mol. The minimum Gasteiger partial charge on any atom is -0.395 e. The maximum absolute atomic E-state index is 12.6. The fourth-order valence-electron chi connectivity index (χ4n) is 1.23. The van der Waals surface area contributed by atoms with Crippen molar-refractivity contribution in [3.05, 3.63) is 35.6 Å². The van der Waals surface area contributed by atoms with E-state index >= 15 is 0 Å². The van der Waals surface area contributed by atoms with Gasteiger partial charge in [0.2, 0.25) is 10.0 Å². The lowest BCUT2D eigenvalue weighted by atomic mass is 10.2. The zero-order valence-electron chi connectivity index (χ0n) is 9.01. The molecule has 96 valence electrons. The summed E-state index contributed by atoms with van der Waals surface area (Å²) in [6.45, 7) is -0.974. The molecule has 0 amide bonds. The molecule has 0 spiro atoms. The molecule has 1 aromatic carbocycles. The molecule has 17 heavy (non-hydrogen) atoms. The van der Waals surface area contributed by atoms with Crippen molar-refractivity contribution in [3.63, 3.8) is 0 Å². The minimum atomic E-state index is -3.66. The number of hydrogen-bond acceptors (Lipinski definition) is 4. The van der Waals surface area contributed by atoms with Crippen molar-refractivity contribution in [2.75, 3.05) is 13.2 Å². The number of sulfonamides is 1. The number of nitrogens with one attached hydrogen (secondary N) is 1. The van der Waals surface area contributed by atoms with Gasteiger partial charge in [0.25, 0.3) is 0 Å². The number of halogens is 1. The third kappa shape index (κ3) is 4.78. The number of aliphatic hydroxyl groups excluding tert-OH is 2. The highest BCUT2D eigenvalue weighted by molar-refractivity contribution is 7.88. The largest absolute Gasteiger partial charge is 0.395 e. The Hall–Kier alpha value is -1.02. The molecule has 0 aromatic heterocycles. The van der Waals surface area contributed by atoms with E-state index in [1.165, 1.54) is 24.3 Å². The minimum absolute atomic E-state index is 0.330. The van der Waals surface area contributed by atoms with E-state index in [9.17, 15) is 12.8 Å². The summed E-state index contributed by atoms with van der Waals surface area (Å²) in [5, 5.41) is 17.5. The number of benzene rings is 1. The van der Waals surface area contributed by atoms with E-state index in [4.69, 9.17) is 10.2 Å². The summed E-state index contributed by atoms with van der Waals surface area (Å²) in [4.78, 5) is 0. The van der Waals surface area contributed by atoms with Crippen LogP contribution in [0.3, 0.4) is 0 Å². The predicted molar refractivity (Wildman–Crippen MR) is 60.1 cm³/mol. The summed E-state index contributed by atoms with van der Waals surface area (Å²) in [6.07, 6.45) is 0. The summed E-state index contributed by atoms with van der Waals surface area (Å²) in [7, 11) is -3.66. The molecule has 0 fully saturated rings. The zero-order valence-corrected chi connectivity index (χ0v) is 9.82. The van der Waals surface area contributed by atoms with Crippen molar-refractivity contribution >= 4 is 10.0 Å². The normalized spacial score (nSPS) is 12.0. The maximum Gasteiger partial charge on any atom is 0.216 e. The molecule has 0 unspecified atom stereocenters. The summed E-state index contributed by atoms with van der Waals surface area (Å²) in [6, 6.07) is 4.14. The highest BCUT2D eigenvalue weighted by atomic mass is 32.2. The molecule has 0 saturated heterocycles. The molecule has 5 nitrogen and oxygen atoms in total. The highest BCUT2D eigenvalue weighted by Gasteiger charge is 2.17. The van der Waals surface area contributed by atoms with E-state index in [-0.39, 0.29) is 5.75 Å². The Kier molecular flexibility index (Phi) is 5.01. The Morgan fingerprint density at radius 1 is 1.18 bits per heavy atom. The first-order chi connectivity index (χ1) is 7.96. The van der Waals surface area contributed by atoms with E-state index in [1.807, 2.05) is 0 Å². The van der Waals surface area contributed by atoms with Gasteiger partial charge < -0.3 is 10.2 Å². The molecular formula is C10H14FNO4S. The third-order valence-corrected chi connectivity index (χ3v) is 3.46. The molecular weight excluding hydrogens is 249 g/mol. The van der Waals surface area contributed by atoms with Gasteiger partial charge in [-0.2, -0.15) is 0 Å². The van der Waals surface area contributed by atoms with E-state index in [2.05, 4.69) is 4.72 Å².